The Hall–Kier alpha value is -1.35. The predicted octanol–water partition coefficient (Wildman–Crippen LogP) is 3.28. The molecular formula is C16H23NO2. The monoisotopic (exact) mass is 261 g/mol. The van der Waals surface area contributed by atoms with E-state index in [1.54, 1.807) is 0 Å². The van der Waals surface area contributed by atoms with E-state index in [0.717, 1.165) is 24.1 Å². The number of carbonyl (C=O) groups is 1. The van der Waals surface area contributed by atoms with Crippen LogP contribution in [0.1, 0.15) is 51.7 Å². The van der Waals surface area contributed by atoms with Crippen molar-refractivity contribution in [1.29, 1.82) is 0 Å². The minimum atomic E-state index is -0.460. The van der Waals surface area contributed by atoms with Gasteiger partial charge in [-0.25, -0.2) is 0 Å². The molecule has 0 fully saturated rings. The van der Waals surface area contributed by atoms with Crippen molar-refractivity contribution in [3.63, 3.8) is 0 Å². The normalized spacial score (nSPS) is 19.8. The summed E-state index contributed by atoms with van der Waals surface area (Å²) in [5, 5.41) is 10.2. The van der Waals surface area contributed by atoms with Gasteiger partial charge in [0.25, 0.3) is 0 Å². The standard InChI is InChI=1S/C16H23NO2/c1-4-16(2,3)15(19)17-11-7-10-14(18)12-8-5-6-9-13(12)17/h5-6,8-9,14,18H,4,7,10-11H2,1-3H3. The van der Waals surface area contributed by atoms with E-state index in [2.05, 4.69) is 0 Å². The average molecular weight is 261 g/mol. The highest BCUT2D eigenvalue weighted by molar-refractivity contribution is 5.98. The van der Waals surface area contributed by atoms with Crippen LogP contribution in [0.25, 0.3) is 0 Å². The molecule has 0 spiro atoms. The molecule has 1 N–H and O–H groups in total. The van der Waals surface area contributed by atoms with Gasteiger partial charge < -0.3 is 10.0 Å². The SMILES string of the molecule is CCC(C)(C)C(=O)N1CCCC(O)c2ccccc21. The van der Waals surface area contributed by atoms with Crippen molar-refractivity contribution in [3.8, 4) is 0 Å². The van der Waals surface area contributed by atoms with Crippen LogP contribution in [0.15, 0.2) is 24.3 Å². The number of rotatable bonds is 2. The fourth-order valence-electron chi connectivity index (χ4n) is 2.46. The van der Waals surface area contributed by atoms with Crippen LogP contribution in [0.3, 0.4) is 0 Å². The maximum Gasteiger partial charge on any atom is 0.232 e. The van der Waals surface area contributed by atoms with Gasteiger partial charge in [0, 0.05) is 23.2 Å². The molecule has 2 rings (SSSR count). The number of aliphatic hydroxyl groups excluding tert-OH is 1. The first-order chi connectivity index (χ1) is 8.97. The number of nitrogens with zero attached hydrogens (tertiary/aromatic N) is 1. The number of carbonyl (C=O) groups excluding carboxylic acids is 1. The molecule has 1 atom stereocenters. The van der Waals surface area contributed by atoms with Gasteiger partial charge in [0.05, 0.1) is 6.10 Å². The number of anilines is 1. The molecule has 1 aliphatic rings. The second kappa shape index (κ2) is 5.33. The molecule has 1 aromatic rings. The summed E-state index contributed by atoms with van der Waals surface area (Å²) in [6, 6.07) is 7.70. The molecule has 1 unspecified atom stereocenters. The van der Waals surface area contributed by atoms with Gasteiger partial charge >= 0.3 is 0 Å². The topological polar surface area (TPSA) is 40.5 Å². The molecule has 1 amide bonds. The molecule has 19 heavy (non-hydrogen) atoms. The second-order valence-corrected chi connectivity index (χ2v) is 5.91. The smallest absolute Gasteiger partial charge is 0.232 e. The van der Waals surface area contributed by atoms with Gasteiger partial charge in [0.15, 0.2) is 0 Å². The van der Waals surface area contributed by atoms with Gasteiger partial charge in [-0.3, -0.25) is 4.79 Å². The molecular weight excluding hydrogens is 238 g/mol. The summed E-state index contributed by atoms with van der Waals surface area (Å²) >= 11 is 0. The second-order valence-electron chi connectivity index (χ2n) is 5.91. The first kappa shape index (κ1) is 14.1. The molecule has 0 radical (unpaired) electrons. The molecule has 104 valence electrons. The fraction of sp³-hybridized carbons (Fsp3) is 0.562. The summed E-state index contributed by atoms with van der Waals surface area (Å²) in [6.45, 7) is 6.70. The lowest BCUT2D eigenvalue weighted by Crippen LogP contribution is -2.41. The number of para-hydroxylation sites is 1. The van der Waals surface area contributed by atoms with Crippen LogP contribution < -0.4 is 4.90 Å². The van der Waals surface area contributed by atoms with Crippen LogP contribution in [-0.2, 0) is 4.79 Å². The lowest BCUT2D eigenvalue weighted by Gasteiger charge is -2.31. The van der Waals surface area contributed by atoms with Crippen LogP contribution in [-0.4, -0.2) is 17.6 Å². The quantitative estimate of drug-likeness (QED) is 0.887. The third kappa shape index (κ3) is 2.66. The Morgan fingerprint density at radius 3 is 2.79 bits per heavy atom. The van der Waals surface area contributed by atoms with Crippen molar-refractivity contribution in [2.45, 2.75) is 46.1 Å². The minimum Gasteiger partial charge on any atom is -0.388 e. The third-order valence-corrected chi connectivity index (χ3v) is 4.15. The molecule has 1 aliphatic heterocycles. The Morgan fingerprint density at radius 1 is 1.42 bits per heavy atom. The number of hydrogen-bond acceptors (Lipinski definition) is 2. The Labute approximate surface area is 115 Å². The molecule has 3 heteroatoms. The molecule has 3 nitrogen and oxygen atoms in total. The van der Waals surface area contributed by atoms with Crippen LogP contribution in [0.4, 0.5) is 5.69 Å². The zero-order chi connectivity index (χ0) is 14.0. The van der Waals surface area contributed by atoms with E-state index in [-0.39, 0.29) is 11.3 Å². The maximum absolute atomic E-state index is 12.7. The fourth-order valence-corrected chi connectivity index (χ4v) is 2.46. The van der Waals surface area contributed by atoms with E-state index in [9.17, 15) is 9.90 Å². The zero-order valence-electron chi connectivity index (χ0n) is 12.0. The van der Waals surface area contributed by atoms with Crippen molar-refractivity contribution >= 4 is 11.6 Å². The van der Waals surface area contributed by atoms with E-state index >= 15 is 0 Å². The van der Waals surface area contributed by atoms with E-state index in [4.69, 9.17) is 0 Å². The summed E-state index contributed by atoms with van der Waals surface area (Å²) in [5.41, 5.74) is 1.39. The summed E-state index contributed by atoms with van der Waals surface area (Å²) < 4.78 is 0. The van der Waals surface area contributed by atoms with Crippen molar-refractivity contribution in [2.75, 3.05) is 11.4 Å². The number of benzene rings is 1. The van der Waals surface area contributed by atoms with Crippen molar-refractivity contribution in [2.24, 2.45) is 5.41 Å². The van der Waals surface area contributed by atoms with E-state index in [1.807, 2.05) is 49.9 Å². The van der Waals surface area contributed by atoms with Gasteiger partial charge in [-0.1, -0.05) is 39.0 Å². The number of fused-ring (bicyclic) bond motifs is 1. The first-order valence-corrected chi connectivity index (χ1v) is 7.06. The number of amides is 1. The van der Waals surface area contributed by atoms with Gasteiger partial charge in [-0.05, 0) is 25.3 Å². The lowest BCUT2D eigenvalue weighted by atomic mass is 9.88. The van der Waals surface area contributed by atoms with Crippen LogP contribution in [0, 0.1) is 5.41 Å². The van der Waals surface area contributed by atoms with Gasteiger partial charge in [-0.15, -0.1) is 0 Å². The van der Waals surface area contributed by atoms with E-state index in [0.29, 0.717) is 13.0 Å². The Morgan fingerprint density at radius 2 is 2.11 bits per heavy atom. The average Bonchev–Trinajstić information content (AvgIpc) is 2.58. The van der Waals surface area contributed by atoms with Gasteiger partial charge in [0.1, 0.15) is 0 Å². The summed E-state index contributed by atoms with van der Waals surface area (Å²) in [4.78, 5) is 14.6. The van der Waals surface area contributed by atoms with Crippen LogP contribution in [0.5, 0.6) is 0 Å². The number of aliphatic hydroxyl groups is 1. The Bertz CT molecular complexity index is 468. The molecule has 1 aromatic carbocycles. The largest absolute Gasteiger partial charge is 0.388 e. The minimum absolute atomic E-state index is 0.150. The lowest BCUT2D eigenvalue weighted by molar-refractivity contribution is -0.126. The molecule has 1 heterocycles. The summed E-state index contributed by atoms with van der Waals surface area (Å²) in [7, 11) is 0. The predicted molar refractivity (Wildman–Crippen MR) is 77.1 cm³/mol. The highest BCUT2D eigenvalue weighted by atomic mass is 16.3. The Balaban J connectivity index is 2.42. The van der Waals surface area contributed by atoms with Crippen molar-refractivity contribution < 1.29 is 9.90 Å². The van der Waals surface area contributed by atoms with Crippen LogP contribution in [0.2, 0.25) is 0 Å². The number of hydrogen-bond donors (Lipinski definition) is 1. The van der Waals surface area contributed by atoms with Gasteiger partial charge in [-0.2, -0.15) is 0 Å². The van der Waals surface area contributed by atoms with Crippen molar-refractivity contribution in [1.82, 2.24) is 0 Å². The first-order valence-electron chi connectivity index (χ1n) is 7.06. The summed E-state index contributed by atoms with van der Waals surface area (Å²) in [6.07, 6.45) is 1.90. The maximum atomic E-state index is 12.7. The molecule has 0 aliphatic carbocycles. The molecule has 0 bridgehead atoms. The highest BCUT2D eigenvalue weighted by Gasteiger charge is 2.33. The van der Waals surface area contributed by atoms with E-state index in [1.165, 1.54) is 0 Å². The summed E-state index contributed by atoms with van der Waals surface area (Å²) in [5.74, 6) is 0.150. The van der Waals surface area contributed by atoms with Crippen LogP contribution >= 0.6 is 0 Å². The third-order valence-electron chi connectivity index (χ3n) is 4.15. The zero-order valence-corrected chi connectivity index (χ0v) is 12.0. The van der Waals surface area contributed by atoms with Crippen molar-refractivity contribution in [3.05, 3.63) is 29.8 Å². The Kier molecular flexibility index (Phi) is 3.95. The molecule has 0 saturated carbocycles. The van der Waals surface area contributed by atoms with Gasteiger partial charge in [0.2, 0.25) is 5.91 Å². The molecule has 0 aromatic heterocycles. The highest BCUT2D eigenvalue weighted by Crippen LogP contribution is 2.35. The van der Waals surface area contributed by atoms with E-state index < -0.39 is 6.10 Å². The molecule has 0 saturated heterocycles.